The fraction of sp³-hybridized carbons (Fsp3) is 0.556. The van der Waals surface area contributed by atoms with Crippen molar-refractivity contribution in [3.8, 4) is 0 Å². The van der Waals surface area contributed by atoms with Gasteiger partial charge in [0.1, 0.15) is 0 Å². The van der Waals surface area contributed by atoms with E-state index in [2.05, 4.69) is 25.3 Å². The molecule has 12 heavy (non-hydrogen) atoms. The van der Waals surface area contributed by atoms with Gasteiger partial charge in [-0.15, -0.1) is 11.3 Å². The predicted molar refractivity (Wildman–Crippen MR) is 52.5 cm³/mol. The Labute approximate surface area is 77.0 Å². The van der Waals surface area contributed by atoms with Crippen LogP contribution in [0.2, 0.25) is 0 Å². The highest BCUT2D eigenvalue weighted by molar-refractivity contribution is 7.10. The molecule has 1 heterocycles. The monoisotopic (exact) mass is 185 g/mol. The van der Waals surface area contributed by atoms with Crippen LogP contribution in [-0.4, -0.2) is 17.8 Å². The Morgan fingerprint density at radius 3 is 2.75 bits per heavy atom. The summed E-state index contributed by atoms with van der Waals surface area (Å²) < 4.78 is 0. The average molecular weight is 185 g/mol. The third-order valence-corrected chi connectivity index (χ3v) is 3.39. The van der Waals surface area contributed by atoms with E-state index in [1.54, 1.807) is 11.3 Å². The van der Waals surface area contributed by atoms with Crippen LogP contribution in [0.3, 0.4) is 0 Å². The summed E-state index contributed by atoms with van der Waals surface area (Å²) in [5.74, 6) is 0.259. The molecule has 1 rings (SSSR count). The van der Waals surface area contributed by atoms with Gasteiger partial charge in [0.2, 0.25) is 0 Å². The maximum atomic E-state index is 8.87. The van der Waals surface area contributed by atoms with Crippen molar-refractivity contribution in [3.63, 3.8) is 0 Å². The van der Waals surface area contributed by atoms with Gasteiger partial charge in [0.15, 0.2) is 0 Å². The van der Waals surface area contributed by atoms with E-state index in [9.17, 15) is 0 Å². The molecule has 0 amide bonds. The fourth-order valence-corrected chi connectivity index (χ4v) is 2.27. The van der Waals surface area contributed by atoms with E-state index in [1.165, 1.54) is 10.4 Å². The Hall–Kier alpha value is -0.380. The van der Waals surface area contributed by atoms with Crippen LogP contribution in [0.5, 0.6) is 0 Å². The van der Waals surface area contributed by atoms with Crippen molar-refractivity contribution in [1.82, 2.24) is 0 Å². The molecule has 2 nitrogen and oxygen atoms in total. The topological polar surface area (TPSA) is 46.2 Å². The zero-order valence-corrected chi connectivity index (χ0v) is 8.27. The number of hydrogen-bond donors (Lipinski definition) is 2. The van der Waals surface area contributed by atoms with Crippen molar-refractivity contribution in [3.05, 3.63) is 21.9 Å². The van der Waals surface area contributed by atoms with Crippen LogP contribution in [0.15, 0.2) is 11.4 Å². The molecule has 0 saturated carbocycles. The van der Waals surface area contributed by atoms with Crippen LogP contribution in [0.25, 0.3) is 0 Å². The number of nitrogens with two attached hydrogens (primary N) is 1. The Kier molecular flexibility index (Phi) is 3.26. The minimum atomic E-state index is -0.137. The fourth-order valence-electron chi connectivity index (χ4n) is 1.20. The highest BCUT2D eigenvalue weighted by atomic mass is 32.1. The number of aliphatic hydroxyl groups is 1. The molecule has 3 heteroatoms. The summed E-state index contributed by atoms with van der Waals surface area (Å²) in [7, 11) is 0. The number of aliphatic hydroxyl groups excluding tert-OH is 1. The van der Waals surface area contributed by atoms with Gasteiger partial charge in [-0.25, -0.2) is 0 Å². The Balaban J connectivity index is 2.77. The molecule has 0 aliphatic rings. The zero-order valence-electron chi connectivity index (χ0n) is 7.45. The highest BCUT2D eigenvalue weighted by Crippen LogP contribution is 2.26. The minimum Gasteiger partial charge on any atom is -0.395 e. The van der Waals surface area contributed by atoms with Crippen LogP contribution in [0.4, 0.5) is 0 Å². The summed E-state index contributed by atoms with van der Waals surface area (Å²) in [6.45, 7) is 4.19. The molecule has 0 aromatic carbocycles. The van der Waals surface area contributed by atoms with Crippen LogP contribution in [0, 0.1) is 6.92 Å². The lowest BCUT2D eigenvalue weighted by atomic mass is 9.99. The molecule has 0 aliphatic carbocycles. The van der Waals surface area contributed by atoms with E-state index >= 15 is 0 Å². The zero-order chi connectivity index (χ0) is 9.14. The smallest absolute Gasteiger partial charge is 0.0588 e. The first kappa shape index (κ1) is 9.71. The number of rotatable bonds is 3. The molecule has 0 fully saturated rings. The molecular formula is C9H15NOS. The van der Waals surface area contributed by atoms with Gasteiger partial charge in [0.05, 0.1) is 6.61 Å². The summed E-state index contributed by atoms with van der Waals surface area (Å²) in [5.41, 5.74) is 7.01. The first-order valence-corrected chi connectivity index (χ1v) is 4.95. The summed E-state index contributed by atoms with van der Waals surface area (Å²) >= 11 is 1.71. The molecule has 0 spiro atoms. The van der Waals surface area contributed by atoms with Gasteiger partial charge in [0, 0.05) is 16.8 Å². The number of hydrogen-bond acceptors (Lipinski definition) is 3. The molecule has 68 valence electrons. The molecule has 2 unspecified atom stereocenters. The molecule has 0 radical (unpaired) electrons. The van der Waals surface area contributed by atoms with E-state index in [4.69, 9.17) is 10.8 Å². The summed E-state index contributed by atoms with van der Waals surface area (Å²) in [4.78, 5) is 1.29. The van der Waals surface area contributed by atoms with E-state index in [0.29, 0.717) is 0 Å². The van der Waals surface area contributed by atoms with Gasteiger partial charge in [-0.3, -0.25) is 0 Å². The molecule has 0 bridgehead atoms. The van der Waals surface area contributed by atoms with Crippen molar-refractivity contribution in [2.45, 2.75) is 25.8 Å². The summed E-state index contributed by atoms with van der Waals surface area (Å²) in [6, 6.07) is 1.95. The lowest BCUT2D eigenvalue weighted by Crippen LogP contribution is -2.30. The molecular weight excluding hydrogens is 170 g/mol. The maximum Gasteiger partial charge on any atom is 0.0588 e. The SMILES string of the molecule is Cc1ccsc1C(C)C(N)CO. The van der Waals surface area contributed by atoms with E-state index in [1.807, 2.05) is 0 Å². The van der Waals surface area contributed by atoms with Crippen molar-refractivity contribution >= 4 is 11.3 Å². The van der Waals surface area contributed by atoms with Crippen molar-refractivity contribution in [2.24, 2.45) is 5.73 Å². The highest BCUT2D eigenvalue weighted by Gasteiger charge is 2.16. The van der Waals surface area contributed by atoms with E-state index in [0.717, 1.165) is 0 Å². The normalized spacial score (nSPS) is 16.0. The first-order chi connectivity index (χ1) is 5.66. The molecule has 1 aromatic heterocycles. The lowest BCUT2D eigenvalue weighted by Gasteiger charge is -2.16. The second-order valence-electron chi connectivity index (χ2n) is 3.10. The Morgan fingerprint density at radius 1 is 1.67 bits per heavy atom. The largest absolute Gasteiger partial charge is 0.395 e. The quantitative estimate of drug-likeness (QED) is 0.749. The Bertz CT molecular complexity index is 246. The van der Waals surface area contributed by atoms with Crippen LogP contribution in [-0.2, 0) is 0 Å². The summed E-state index contributed by atoms with van der Waals surface area (Å²) in [5, 5.41) is 10.9. The first-order valence-electron chi connectivity index (χ1n) is 4.07. The van der Waals surface area contributed by atoms with Gasteiger partial charge in [-0.05, 0) is 23.9 Å². The van der Waals surface area contributed by atoms with Gasteiger partial charge in [0.25, 0.3) is 0 Å². The second-order valence-corrected chi connectivity index (χ2v) is 4.05. The van der Waals surface area contributed by atoms with E-state index in [-0.39, 0.29) is 18.6 Å². The summed E-state index contributed by atoms with van der Waals surface area (Å²) in [6.07, 6.45) is 0. The number of aryl methyl sites for hydroxylation is 1. The molecule has 0 aliphatic heterocycles. The van der Waals surface area contributed by atoms with Crippen molar-refractivity contribution in [2.75, 3.05) is 6.61 Å². The third kappa shape index (κ3) is 1.86. The van der Waals surface area contributed by atoms with Gasteiger partial charge in [-0.1, -0.05) is 6.92 Å². The van der Waals surface area contributed by atoms with E-state index < -0.39 is 0 Å². The molecule has 1 aromatic rings. The number of thiophene rings is 1. The molecule has 3 N–H and O–H groups in total. The van der Waals surface area contributed by atoms with Crippen LogP contribution < -0.4 is 5.73 Å². The average Bonchev–Trinajstić information content (AvgIpc) is 2.48. The third-order valence-electron chi connectivity index (χ3n) is 2.17. The van der Waals surface area contributed by atoms with Gasteiger partial charge in [-0.2, -0.15) is 0 Å². The van der Waals surface area contributed by atoms with Gasteiger partial charge < -0.3 is 10.8 Å². The Morgan fingerprint density at radius 2 is 2.33 bits per heavy atom. The van der Waals surface area contributed by atoms with Crippen LogP contribution in [0.1, 0.15) is 23.3 Å². The second kappa shape index (κ2) is 4.03. The van der Waals surface area contributed by atoms with Crippen molar-refractivity contribution < 1.29 is 5.11 Å². The molecule has 0 saturated heterocycles. The maximum absolute atomic E-state index is 8.87. The predicted octanol–water partition coefficient (Wildman–Crippen LogP) is 1.48. The standard InChI is InChI=1S/C9H15NOS/c1-6-3-4-12-9(6)7(2)8(10)5-11/h3-4,7-8,11H,5,10H2,1-2H3. The van der Waals surface area contributed by atoms with Gasteiger partial charge >= 0.3 is 0 Å². The van der Waals surface area contributed by atoms with Crippen LogP contribution >= 0.6 is 11.3 Å². The molecule has 2 atom stereocenters. The lowest BCUT2D eigenvalue weighted by molar-refractivity contribution is 0.253. The minimum absolute atomic E-state index is 0.0541. The van der Waals surface area contributed by atoms with Crippen molar-refractivity contribution in [1.29, 1.82) is 0 Å².